The molecule has 1 aromatic rings. The molecule has 0 bridgehead atoms. The van der Waals surface area contributed by atoms with Gasteiger partial charge in [0, 0.05) is 25.0 Å². The van der Waals surface area contributed by atoms with Crippen LogP contribution in [0.2, 0.25) is 0 Å². The summed E-state index contributed by atoms with van der Waals surface area (Å²) in [5.74, 6) is -0.0203. The van der Waals surface area contributed by atoms with E-state index in [1.165, 1.54) is 0 Å². The van der Waals surface area contributed by atoms with E-state index in [0.717, 1.165) is 0 Å². The molecule has 0 aliphatic carbocycles. The molecule has 1 rings (SSSR count). The minimum Gasteiger partial charge on any atom is -0.356 e. The standard InChI is InChI=1S/C10H16N2O/c1-10(2,3)11-9(13)8-5-6-12(4)7-8/h5-7H,1-4H3,(H,11,13). The fraction of sp³-hybridized carbons (Fsp3) is 0.500. The van der Waals surface area contributed by atoms with E-state index < -0.39 is 0 Å². The van der Waals surface area contributed by atoms with Gasteiger partial charge in [-0.05, 0) is 26.8 Å². The Morgan fingerprint density at radius 2 is 2.08 bits per heavy atom. The number of rotatable bonds is 1. The third-order valence-corrected chi connectivity index (χ3v) is 1.58. The van der Waals surface area contributed by atoms with Gasteiger partial charge >= 0.3 is 0 Å². The molecular weight excluding hydrogens is 164 g/mol. The van der Waals surface area contributed by atoms with E-state index in [1.54, 1.807) is 12.3 Å². The zero-order valence-electron chi connectivity index (χ0n) is 8.59. The van der Waals surface area contributed by atoms with E-state index in [-0.39, 0.29) is 11.4 Å². The minimum atomic E-state index is -0.174. The smallest absolute Gasteiger partial charge is 0.253 e. The summed E-state index contributed by atoms with van der Waals surface area (Å²) in [6.07, 6.45) is 3.67. The van der Waals surface area contributed by atoms with Gasteiger partial charge in [0.1, 0.15) is 0 Å². The van der Waals surface area contributed by atoms with Crippen LogP contribution in [0.4, 0.5) is 0 Å². The highest BCUT2D eigenvalue weighted by molar-refractivity contribution is 5.94. The van der Waals surface area contributed by atoms with Gasteiger partial charge in [0.05, 0.1) is 5.56 Å². The first-order chi connectivity index (χ1) is 5.88. The highest BCUT2D eigenvalue weighted by atomic mass is 16.1. The van der Waals surface area contributed by atoms with Crippen LogP contribution in [0.15, 0.2) is 18.5 Å². The summed E-state index contributed by atoms with van der Waals surface area (Å²) in [4.78, 5) is 11.5. The van der Waals surface area contributed by atoms with E-state index in [2.05, 4.69) is 5.32 Å². The van der Waals surface area contributed by atoms with Crippen molar-refractivity contribution in [2.24, 2.45) is 7.05 Å². The van der Waals surface area contributed by atoms with Gasteiger partial charge in [0.2, 0.25) is 0 Å². The summed E-state index contributed by atoms with van der Waals surface area (Å²) in [5, 5.41) is 2.90. The Labute approximate surface area is 78.8 Å². The van der Waals surface area contributed by atoms with Gasteiger partial charge in [-0.15, -0.1) is 0 Å². The molecule has 3 heteroatoms. The maximum Gasteiger partial charge on any atom is 0.253 e. The van der Waals surface area contributed by atoms with E-state index in [9.17, 15) is 4.79 Å². The maximum atomic E-state index is 11.5. The SMILES string of the molecule is Cn1ccc(C(=O)NC(C)(C)C)c1. The molecular formula is C10H16N2O. The average Bonchev–Trinajstić information content (AvgIpc) is 2.31. The lowest BCUT2D eigenvalue weighted by Gasteiger charge is -2.19. The summed E-state index contributed by atoms with van der Waals surface area (Å²) in [6.45, 7) is 5.90. The van der Waals surface area contributed by atoms with E-state index in [0.29, 0.717) is 5.56 Å². The first-order valence-corrected chi connectivity index (χ1v) is 4.33. The molecule has 72 valence electrons. The Balaban J connectivity index is 2.70. The van der Waals surface area contributed by atoms with Gasteiger partial charge in [0.15, 0.2) is 0 Å². The zero-order chi connectivity index (χ0) is 10.1. The Morgan fingerprint density at radius 1 is 1.46 bits per heavy atom. The molecule has 0 saturated heterocycles. The van der Waals surface area contributed by atoms with Crippen LogP contribution in [0.3, 0.4) is 0 Å². The summed E-state index contributed by atoms with van der Waals surface area (Å²) in [6, 6.07) is 1.81. The van der Waals surface area contributed by atoms with Gasteiger partial charge in [-0.1, -0.05) is 0 Å². The van der Waals surface area contributed by atoms with Crippen molar-refractivity contribution in [2.75, 3.05) is 0 Å². The summed E-state index contributed by atoms with van der Waals surface area (Å²) >= 11 is 0. The number of carbonyl (C=O) groups excluding carboxylic acids is 1. The highest BCUT2D eigenvalue weighted by Crippen LogP contribution is 2.04. The highest BCUT2D eigenvalue weighted by Gasteiger charge is 2.15. The summed E-state index contributed by atoms with van der Waals surface area (Å²) < 4.78 is 1.86. The van der Waals surface area contributed by atoms with Crippen LogP contribution in [0.1, 0.15) is 31.1 Å². The van der Waals surface area contributed by atoms with Gasteiger partial charge in [0.25, 0.3) is 5.91 Å². The molecule has 0 aromatic carbocycles. The Morgan fingerprint density at radius 3 is 2.46 bits per heavy atom. The fourth-order valence-electron chi connectivity index (χ4n) is 1.05. The van der Waals surface area contributed by atoms with Gasteiger partial charge < -0.3 is 9.88 Å². The molecule has 3 nitrogen and oxygen atoms in total. The van der Waals surface area contributed by atoms with E-state index in [4.69, 9.17) is 0 Å². The minimum absolute atomic E-state index is 0.0203. The second-order valence-corrected chi connectivity index (χ2v) is 4.27. The van der Waals surface area contributed by atoms with Gasteiger partial charge in [-0.3, -0.25) is 4.79 Å². The number of nitrogens with one attached hydrogen (secondary N) is 1. The average molecular weight is 180 g/mol. The predicted molar refractivity (Wildman–Crippen MR) is 52.6 cm³/mol. The molecule has 1 amide bonds. The van der Waals surface area contributed by atoms with Crippen LogP contribution in [0, 0.1) is 0 Å². The summed E-state index contributed by atoms with van der Waals surface area (Å²) in [5.41, 5.74) is 0.532. The molecule has 0 aliphatic rings. The van der Waals surface area contributed by atoms with Crippen molar-refractivity contribution in [2.45, 2.75) is 26.3 Å². The van der Waals surface area contributed by atoms with Crippen LogP contribution >= 0.6 is 0 Å². The number of amides is 1. The normalized spacial score (nSPS) is 11.4. The van der Waals surface area contributed by atoms with Crippen molar-refractivity contribution in [3.05, 3.63) is 24.0 Å². The monoisotopic (exact) mass is 180 g/mol. The Kier molecular flexibility index (Phi) is 2.45. The molecule has 0 radical (unpaired) electrons. The van der Waals surface area contributed by atoms with E-state index >= 15 is 0 Å². The van der Waals surface area contributed by atoms with Crippen molar-refractivity contribution in [3.63, 3.8) is 0 Å². The second kappa shape index (κ2) is 3.24. The molecule has 0 atom stereocenters. The lowest BCUT2D eigenvalue weighted by molar-refractivity contribution is 0.0919. The number of aryl methyl sites for hydroxylation is 1. The fourth-order valence-corrected chi connectivity index (χ4v) is 1.05. The molecule has 0 fully saturated rings. The molecule has 0 unspecified atom stereocenters. The lowest BCUT2D eigenvalue weighted by atomic mass is 10.1. The first-order valence-electron chi connectivity index (χ1n) is 4.33. The predicted octanol–water partition coefficient (Wildman–Crippen LogP) is 1.55. The number of carbonyl (C=O) groups is 1. The topological polar surface area (TPSA) is 34.0 Å². The van der Waals surface area contributed by atoms with Crippen molar-refractivity contribution in [3.8, 4) is 0 Å². The Hall–Kier alpha value is -1.25. The third kappa shape index (κ3) is 2.93. The van der Waals surface area contributed by atoms with Crippen LogP contribution in [-0.2, 0) is 7.05 Å². The van der Waals surface area contributed by atoms with Gasteiger partial charge in [-0.25, -0.2) is 0 Å². The first kappa shape index (κ1) is 9.84. The molecule has 0 saturated carbocycles. The molecule has 0 aliphatic heterocycles. The van der Waals surface area contributed by atoms with Crippen molar-refractivity contribution >= 4 is 5.91 Å². The van der Waals surface area contributed by atoms with Crippen molar-refractivity contribution in [1.29, 1.82) is 0 Å². The molecule has 0 spiro atoms. The number of aromatic nitrogens is 1. The quantitative estimate of drug-likeness (QED) is 0.699. The van der Waals surface area contributed by atoms with E-state index in [1.807, 2.05) is 38.6 Å². The van der Waals surface area contributed by atoms with Crippen LogP contribution in [0.25, 0.3) is 0 Å². The second-order valence-electron chi connectivity index (χ2n) is 4.27. The Bertz CT molecular complexity index is 307. The number of hydrogen-bond acceptors (Lipinski definition) is 1. The molecule has 1 heterocycles. The molecule has 1 N–H and O–H groups in total. The third-order valence-electron chi connectivity index (χ3n) is 1.58. The molecule has 13 heavy (non-hydrogen) atoms. The zero-order valence-corrected chi connectivity index (χ0v) is 8.59. The van der Waals surface area contributed by atoms with Crippen molar-refractivity contribution in [1.82, 2.24) is 9.88 Å². The van der Waals surface area contributed by atoms with Gasteiger partial charge in [-0.2, -0.15) is 0 Å². The van der Waals surface area contributed by atoms with Crippen molar-refractivity contribution < 1.29 is 4.79 Å². The van der Waals surface area contributed by atoms with Crippen LogP contribution in [0.5, 0.6) is 0 Å². The lowest BCUT2D eigenvalue weighted by Crippen LogP contribution is -2.40. The molecule has 1 aromatic heterocycles. The number of nitrogens with zero attached hydrogens (tertiary/aromatic N) is 1. The summed E-state index contributed by atoms with van der Waals surface area (Å²) in [7, 11) is 1.90. The van der Waals surface area contributed by atoms with Crippen LogP contribution < -0.4 is 5.32 Å². The maximum absolute atomic E-state index is 11.5. The number of hydrogen-bond donors (Lipinski definition) is 1. The van der Waals surface area contributed by atoms with Crippen LogP contribution in [-0.4, -0.2) is 16.0 Å². The largest absolute Gasteiger partial charge is 0.356 e.